The molecule has 4 rings (SSSR count). The summed E-state index contributed by atoms with van der Waals surface area (Å²) in [5.74, 6) is -1.07. The summed E-state index contributed by atoms with van der Waals surface area (Å²) in [4.78, 5) is 25.8. The first kappa shape index (κ1) is 17.0. The molecule has 0 bridgehead atoms. The molecule has 2 unspecified atom stereocenters. The average molecular weight is 366 g/mol. The summed E-state index contributed by atoms with van der Waals surface area (Å²) in [5.41, 5.74) is 5.89. The van der Waals surface area contributed by atoms with E-state index in [1.54, 1.807) is 4.90 Å². The molecule has 3 aliphatic rings. The molecular formula is C17H20F2N4O3. The SMILES string of the molecule is CC(=O)NC[C@H]1CN(c2cc(F)c(N3CC4C(N)[C@@H]4C3)c(F)c2)C(=O)O1. The number of hydrogen-bond donors (Lipinski definition) is 2. The third-order valence-electron chi connectivity index (χ3n) is 5.34. The van der Waals surface area contributed by atoms with Crippen LogP contribution in [0.3, 0.4) is 0 Å². The maximum Gasteiger partial charge on any atom is 0.414 e. The van der Waals surface area contributed by atoms with Crippen molar-refractivity contribution >= 4 is 23.4 Å². The number of carbonyl (C=O) groups is 2. The Morgan fingerprint density at radius 2 is 1.88 bits per heavy atom. The third-order valence-corrected chi connectivity index (χ3v) is 5.34. The fourth-order valence-electron chi connectivity index (χ4n) is 3.86. The topological polar surface area (TPSA) is 87.9 Å². The number of fused-ring (bicyclic) bond motifs is 1. The normalized spacial score (nSPS) is 29.6. The number of nitrogens with zero attached hydrogens (tertiary/aromatic N) is 2. The average Bonchev–Trinajstić information content (AvgIpc) is 2.93. The van der Waals surface area contributed by atoms with Gasteiger partial charge in [-0.05, 0) is 11.8 Å². The van der Waals surface area contributed by atoms with E-state index in [-0.39, 0.29) is 36.4 Å². The van der Waals surface area contributed by atoms with E-state index < -0.39 is 23.8 Å². The van der Waals surface area contributed by atoms with Crippen LogP contribution >= 0.6 is 0 Å². The van der Waals surface area contributed by atoms with Gasteiger partial charge in [0, 0.05) is 38.2 Å². The highest BCUT2D eigenvalue weighted by molar-refractivity contribution is 5.90. The maximum atomic E-state index is 14.6. The zero-order valence-electron chi connectivity index (χ0n) is 14.2. The Morgan fingerprint density at radius 1 is 1.27 bits per heavy atom. The second-order valence-corrected chi connectivity index (χ2v) is 7.12. The summed E-state index contributed by atoms with van der Waals surface area (Å²) >= 11 is 0. The lowest BCUT2D eigenvalue weighted by molar-refractivity contribution is -0.119. The van der Waals surface area contributed by atoms with Crippen molar-refractivity contribution in [3.8, 4) is 0 Å². The number of hydrogen-bond acceptors (Lipinski definition) is 5. The summed E-state index contributed by atoms with van der Waals surface area (Å²) in [5, 5.41) is 2.55. The monoisotopic (exact) mass is 366 g/mol. The molecule has 1 saturated carbocycles. The quantitative estimate of drug-likeness (QED) is 0.824. The molecule has 2 heterocycles. The number of carbonyl (C=O) groups excluding carboxylic acids is 2. The van der Waals surface area contributed by atoms with Gasteiger partial charge in [-0.1, -0.05) is 0 Å². The van der Waals surface area contributed by atoms with E-state index in [0.717, 1.165) is 12.1 Å². The van der Waals surface area contributed by atoms with Crippen LogP contribution in [0, 0.1) is 23.5 Å². The number of rotatable bonds is 4. The summed E-state index contributed by atoms with van der Waals surface area (Å²) in [6, 6.07) is 2.42. The van der Waals surface area contributed by atoms with Gasteiger partial charge in [-0.2, -0.15) is 0 Å². The Bertz CT molecular complexity index is 739. The van der Waals surface area contributed by atoms with E-state index >= 15 is 0 Å². The highest BCUT2D eigenvalue weighted by Gasteiger charge is 2.54. The predicted molar refractivity (Wildman–Crippen MR) is 89.8 cm³/mol. The van der Waals surface area contributed by atoms with Gasteiger partial charge in [0.15, 0.2) is 11.6 Å². The molecular weight excluding hydrogens is 346 g/mol. The lowest BCUT2D eigenvalue weighted by Gasteiger charge is -2.24. The van der Waals surface area contributed by atoms with Crippen molar-refractivity contribution in [1.82, 2.24) is 5.32 Å². The molecule has 0 aromatic heterocycles. The second kappa shape index (κ2) is 6.08. The van der Waals surface area contributed by atoms with Gasteiger partial charge in [0.25, 0.3) is 0 Å². The number of benzene rings is 1. The van der Waals surface area contributed by atoms with E-state index in [1.807, 2.05) is 0 Å². The third kappa shape index (κ3) is 2.86. The standard InChI is InChI=1S/C17H20F2N4O3/c1-8(24)21-4-10-5-23(17(25)26-10)9-2-13(18)16(14(19)3-9)22-6-11-12(7-22)15(11)20/h2-3,10-12,15H,4-7,20H2,1H3,(H,21,24)/t10-,11+,12?,15?/m0/s1. The molecule has 3 N–H and O–H groups in total. The zero-order chi connectivity index (χ0) is 18.6. The van der Waals surface area contributed by atoms with E-state index in [9.17, 15) is 18.4 Å². The van der Waals surface area contributed by atoms with Gasteiger partial charge in [0.2, 0.25) is 5.91 Å². The first-order chi connectivity index (χ1) is 12.3. The van der Waals surface area contributed by atoms with Crippen molar-refractivity contribution in [3.63, 3.8) is 0 Å². The number of piperidine rings is 1. The van der Waals surface area contributed by atoms with Crippen LogP contribution in [-0.4, -0.2) is 50.3 Å². The van der Waals surface area contributed by atoms with Crippen molar-refractivity contribution in [3.05, 3.63) is 23.8 Å². The number of ether oxygens (including phenoxy) is 1. The Morgan fingerprint density at radius 3 is 2.46 bits per heavy atom. The van der Waals surface area contributed by atoms with Gasteiger partial charge < -0.3 is 20.7 Å². The lowest BCUT2D eigenvalue weighted by Crippen LogP contribution is -2.33. The Labute approximate surface area is 149 Å². The smallest absolute Gasteiger partial charge is 0.414 e. The zero-order valence-corrected chi connectivity index (χ0v) is 14.2. The number of halogens is 2. The lowest BCUT2D eigenvalue weighted by atomic mass is 10.2. The molecule has 1 aromatic carbocycles. The number of nitrogens with two attached hydrogens (primary N) is 1. The van der Waals surface area contributed by atoms with Gasteiger partial charge >= 0.3 is 6.09 Å². The summed E-state index contributed by atoms with van der Waals surface area (Å²) in [7, 11) is 0. The maximum absolute atomic E-state index is 14.6. The molecule has 2 amide bonds. The van der Waals surface area contributed by atoms with Crippen LogP contribution in [0.2, 0.25) is 0 Å². The number of anilines is 2. The number of cyclic esters (lactones) is 1. The molecule has 9 heteroatoms. The highest BCUT2D eigenvalue weighted by atomic mass is 19.1. The highest BCUT2D eigenvalue weighted by Crippen LogP contribution is 2.46. The van der Waals surface area contributed by atoms with Gasteiger partial charge in [0.1, 0.15) is 11.8 Å². The van der Waals surface area contributed by atoms with Crippen molar-refractivity contribution < 1.29 is 23.1 Å². The Balaban J connectivity index is 1.49. The molecule has 1 aromatic rings. The summed E-state index contributed by atoms with van der Waals surface area (Å²) in [6.07, 6.45) is -1.26. The van der Waals surface area contributed by atoms with Crippen molar-refractivity contribution in [2.24, 2.45) is 17.6 Å². The van der Waals surface area contributed by atoms with Crippen LogP contribution in [0.4, 0.5) is 25.0 Å². The van der Waals surface area contributed by atoms with Crippen LogP contribution < -0.4 is 20.9 Å². The van der Waals surface area contributed by atoms with Crippen molar-refractivity contribution in [1.29, 1.82) is 0 Å². The van der Waals surface area contributed by atoms with Crippen LogP contribution in [0.25, 0.3) is 0 Å². The van der Waals surface area contributed by atoms with Crippen LogP contribution in [-0.2, 0) is 9.53 Å². The van der Waals surface area contributed by atoms with E-state index in [2.05, 4.69) is 5.32 Å². The number of nitrogens with one attached hydrogen (secondary N) is 1. The molecule has 140 valence electrons. The van der Waals surface area contributed by atoms with Crippen LogP contribution in [0.5, 0.6) is 0 Å². The largest absolute Gasteiger partial charge is 0.442 e. The molecule has 4 atom stereocenters. The minimum atomic E-state index is -0.715. The van der Waals surface area contributed by atoms with Gasteiger partial charge in [-0.3, -0.25) is 9.69 Å². The van der Waals surface area contributed by atoms with Crippen molar-refractivity contribution in [2.45, 2.75) is 19.1 Å². The fraction of sp³-hybridized carbons (Fsp3) is 0.529. The first-order valence-electron chi connectivity index (χ1n) is 8.57. The van der Waals surface area contributed by atoms with Crippen LogP contribution in [0.1, 0.15) is 6.92 Å². The fourth-order valence-corrected chi connectivity index (χ4v) is 3.86. The Kier molecular flexibility index (Phi) is 3.98. The van der Waals surface area contributed by atoms with Gasteiger partial charge in [-0.15, -0.1) is 0 Å². The molecule has 7 nitrogen and oxygen atoms in total. The molecule has 0 radical (unpaired) electrons. The first-order valence-corrected chi connectivity index (χ1v) is 8.57. The molecule has 26 heavy (non-hydrogen) atoms. The predicted octanol–water partition coefficient (Wildman–Crippen LogP) is 0.819. The summed E-state index contributed by atoms with van der Waals surface area (Å²) < 4.78 is 34.3. The molecule has 2 saturated heterocycles. The minimum absolute atomic E-state index is 0.0736. The van der Waals surface area contributed by atoms with E-state index in [1.165, 1.54) is 11.8 Å². The van der Waals surface area contributed by atoms with Crippen LogP contribution in [0.15, 0.2) is 12.1 Å². The van der Waals surface area contributed by atoms with E-state index in [0.29, 0.717) is 24.9 Å². The summed E-state index contributed by atoms with van der Waals surface area (Å²) in [6.45, 7) is 2.71. The van der Waals surface area contributed by atoms with Gasteiger partial charge in [0.05, 0.1) is 18.8 Å². The molecule has 0 spiro atoms. The molecule has 2 aliphatic heterocycles. The van der Waals surface area contributed by atoms with E-state index in [4.69, 9.17) is 10.5 Å². The molecule has 3 fully saturated rings. The molecule has 1 aliphatic carbocycles. The Hall–Kier alpha value is -2.42. The number of amides is 2. The second-order valence-electron chi connectivity index (χ2n) is 7.12. The minimum Gasteiger partial charge on any atom is -0.442 e. The van der Waals surface area contributed by atoms with Crippen molar-refractivity contribution in [2.75, 3.05) is 36.0 Å². The van der Waals surface area contributed by atoms with Gasteiger partial charge in [-0.25, -0.2) is 13.6 Å².